The van der Waals surface area contributed by atoms with Crippen molar-refractivity contribution in [3.05, 3.63) is 48.0 Å². The normalized spacial score (nSPS) is 22.8. The number of carbonyl (C=O) groups excluding carboxylic acids is 2. The van der Waals surface area contributed by atoms with Gasteiger partial charge in [0.15, 0.2) is 18.0 Å². The number of anilines is 2. The van der Waals surface area contributed by atoms with Crippen molar-refractivity contribution in [3.63, 3.8) is 0 Å². The highest BCUT2D eigenvalue weighted by atomic mass is 16.6. The number of hydrogen-bond donors (Lipinski definition) is 2. The molecule has 3 aliphatic heterocycles. The molecule has 3 heterocycles. The van der Waals surface area contributed by atoms with Crippen molar-refractivity contribution in [3.8, 4) is 11.5 Å². The molecule has 29 heavy (non-hydrogen) atoms. The molecule has 7 nitrogen and oxygen atoms in total. The van der Waals surface area contributed by atoms with Crippen molar-refractivity contribution in [2.24, 2.45) is 0 Å². The van der Waals surface area contributed by atoms with E-state index in [4.69, 9.17) is 9.47 Å². The van der Waals surface area contributed by atoms with Crippen molar-refractivity contribution in [1.29, 1.82) is 0 Å². The van der Waals surface area contributed by atoms with Crippen LogP contribution in [0.2, 0.25) is 0 Å². The van der Waals surface area contributed by atoms with Crippen molar-refractivity contribution < 1.29 is 24.0 Å². The molecule has 0 saturated carbocycles. The van der Waals surface area contributed by atoms with Crippen LogP contribution in [0.15, 0.2) is 42.5 Å². The van der Waals surface area contributed by atoms with Crippen LogP contribution in [0.3, 0.4) is 0 Å². The van der Waals surface area contributed by atoms with Crippen molar-refractivity contribution in [1.82, 2.24) is 0 Å². The second-order valence-electron chi connectivity index (χ2n) is 7.73. The summed E-state index contributed by atoms with van der Waals surface area (Å²) in [4.78, 5) is 28.1. The topological polar surface area (TPSA) is 72.3 Å². The molecular weight excluding hydrogens is 370 g/mol. The second kappa shape index (κ2) is 7.40. The van der Waals surface area contributed by atoms with Gasteiger partial charge >= 0.3 is 0 Å². The molecule has 0 bridgehead atoms. The first kappa shape index (κ1) is 18.0. The summed E-state index contributed by atoms with van der Waals surface area (Å²) in [7, 11) is 0. The predicted molar refractivity (Wildman–Crippen MR) is 108 cm³/mol. The van der Waals surface area contributed by atoms with Crippen LogP contribution in [0, 0.1) is 0 Å². The maximum Gasteiger partial charge on any atom is 0.282 e. The Kier molecular flexibility index (Phi) is 4.60. The molecule has 0 aliphatic carbocycles. The summed E-state index contributed by atoms with van der Waals surface area (Å²) in [6, 6.07) is 13.8. The molecule has 5 rings (SSSR count). The minimum absolute atomic E-state index is 0.0215. The minimum Gasteiger partial charge on any atom is -0.486 e. The van der Waals surface area contributed by atoms with Gasteiger partial charge in [-0.05, 0) is 30.3 Å². The number of likely N-dealkylation sites (tertiary alicyclic amines) is 1. The Hall–Kier alpha value is -3.06. The van der Waals surface area contributed by atoms with Gasteiger partial charge < -0.3 is 19.7 Å². The third kappa shape index (κ3) is 3.42. The fourth-order valence-electron chi connectivity index (χ4n) is 4.55. The number of benzene rings is 2. The van der Waals surface area contributed by atoms with Gasteiger partial charge in [0.1, 0.15) is 25.8 Å². The smallest absolute Gasteiger partial charge is 0.282 e. The molecule has 0 aromatic heterocycles. The largest absolute Gasteiger partial charge is 0.486 e. The highest BCUT2D eigenvalue weighted by molar-refractivity contribution is 6.10. The van der Waals surface area contributed by atoms with E-state index in [1.54, 1.807) is 4.90 Å². The molecule has 7 heteroatoms. The van der Waals surface area contributed by atoms with Gasteiger partial charge in [0.25, 0.3) is 5.91 Å². The Balaban J connectivity index is 1.35. The molecule has 1 unspecified atom stereocenters. The Morgan fingerprint density at radius 1 is 1.14 bits per heavy atom. The van der Waals surface area contributed by atoms with Gasteiger partial charge in [0.05, 0.1) is 17.9 Å². The van der Waals surface area contributed by atoms with Gasteiger partial charge in [-0.1, -0.05) is 12.1 Å². The molecule has 2 N–H and O–H groups in total. The third-order valence-electron chi connectivity index (χ3n) is 5.90. The van der Waals surface area contributed by atoms with E-state index in [1.807, 2.05) is 30.3 Å². The molecule has 3 aliphatic rings. The van der Waals surface area contributed by atoms with Gasteiger partial charge in [-0.25, -0.2) is 0 Å². The molecule has 2 atom stereocenters. The molecular formula is C22H24N3O4+. The van der Waals surface area contributed by atoms with Crippen LogP contribution in [-0.2, 0) is 9.59 Å². The average Bonchev–Trinajstić information content (AvgIpc) is 3.20. The maximum absolute atomic E-state index is 13.2. The first-order chi connectivity index (χ1) is 14.2. The minimum atomic E-state index is -0.156. The van der Waals surface area contributed by atoms with E-state index in [0.29, 0.717) is 25.4 Å². The van der Waals surface area contributed by atoms with Crippen LogP contribution < -0.4 is 24.6 Å². The standard InChI is InChI=1S/C22H23N3O4/c26-21-13-25(18-5-2-1-4-16(18)23-21)22(27)14-24-9-3-6-17(24)15-7-8-19-20(12-15)29-11-10-28-19/h1-2,4-5,7-8,12,17H,3,6,9-11,13-14H2,(H,23,26)/p+1/t17-/m0/s1. The molecule has 2 amide bonds. The summed E-state index contributed by atoms with van der Waals surface area (Å²) in [5, 5.41) is 2.84. The number of ether oxygens (including phenoxy) is 2. The lowest BCUT2D eigenvalue weighted by atomic mass is 10.0. The maximum atomic E-state index is 13.2. The average molecular weight is 394 g/mol. The molecule has 1 fully saturated rings. The van der Waals surface area contributed by atoms with E-state index < -0.39 is 0 Å². The monoisotopic (exact) mass is 394 g/mol. The molecule has 2 aromatic rings. The van der Waals surface area contributed by atoms with Crippen LogP contribution in [-0.4, -0.2) is 44.7 Å². The summed E-state index contributed by atoms with van der Waals surface area (Å²) in [5.41, 5.74) is 2.63. The van der Waals surface area contributed by atoms with Crippen molar-refractivity contribution in [2.75, 3.05) is 43.1 Å². The SMILES string of the molecule is O=C1CN(C(=O)C[NH+]2CCC[C@H]2c2ccc3c(c2)OCCO3)c2ccccc2N1. The number of nitrogens with one attached hydrogen (secondary N) is 2. The van der Waals surface area contributed by atoms with Crippen LogP contribution in [0.5, 0.6) is 11.5 Å². The zero-order chi connectivity index (χ0) is 19.8. The van der Waals surface area contributed by atoms with E-state index in [2.05, 4.69) is 17.4 Å². The summed E-state index contributed by atoms with van der Waals surface area (Å²) in [6.45, 7) is 2.50. The quantitative estimate of drug-likeness (QED) is 0.820. The van der Waals surface area contributed by atoms with Gasteiger partial charge in [-0.15, -0.1) is 0 Å². The van der Waals surface area contributed by atoms with Crippen LogP contribution in [0.1, 0.15) is 24.4 Å². The highest BCUT2D eigenvalue weighted by Crippen LogP contribution is 2.34. The number of hydrogen-bond acceptors (Lipinski definition) is 4. The van der Waals surface area contributed by atoms with Crippen LogP contribution in [0.25, 0.3) is 0 Å². The molecule has 150 valence electrons. The first-order valence-electron chi connectivity index (χ1n) is 10.1. The van der Waals surface area contributed by atoms with E-state index in [1.165, 1.54) is 10.5 Å². The van der Waals surface area contributed by atoms with Gasteiger partial charge in [-0.3, -0.25) is 14.5 Å². The number of nitrogens with zero attached hydrogens (tertiary/aromatic N) is 1. The van der Waals surface area contributed by atoms with E-state index in [9.17, 15) is 9.59 Å². The zero-order valence-corrected chi connectivity index (χ0v) is 16.1. The molecule has 2 aromatic carbocycles. The predicted octanol–water partition coefficient (Wildman–Crippen LogP) is 1.16. The van der Waals surface area contributed by atoms with Crippen LogP contribution >= 0.6 is 0 Å². The number of quaternary nitrogens is 1. The summed E-state index contributed by atoms with van der Waals surface area (Å²) in [6.07, 6.45) is 2.10. The van der Waals surface area contributed by atoms with Crippen molar-refractivity contribution in [2.45, 2.75) is 18.9 Å². The summed E-state index contributed by atoms with van der Waals surface area (Å²) in [5.74, 6) is 1.39. The number of carbonyl (C=O) groups is 2. The third-order valence-corrected chi connectivity index (χ3v) is 5.90. The fourth-order valence-corrected chi connectivity index (χ4v) is 4.55. The number of amides is 2. The number of rotatable bonds is 3. The first-order valence-corrected chi connectivity index (χ1v) is 10.1. The molecule has 1 saturated heterocycles. The van der Waals surface area contributed by atoms with Crippen LogP contribution in [0.4, 0.5) is 11.4 Å². The number of fused-ring (bicyclic) bond motifs is 2. The number of para-hydroxylation sites is 2. The van der Waals surface area contributed by atoms with E-state index >= 15 is 0 Å². The Morgan fingerprint density at radius 3 is 2.86 bits per heavy atom. The van der Waals surface area contributed by atoms with Gasteiger partial charge in [0, 0.05) is 18.4 Å². The van der Waals surface area contributed by atoms with Gasteiger partial charge in [-0.2, -0.15) is 0 Å². The Labute approximate surface area is 169 Å². The lowest BCUT2D eigenvalue weighted by molar-refractivity contribution is -0.910. The van der Waals surface area contributed by atoms with E-state index in [-0.39, 0.29) is 24.4 Å². The van der Waals surface area contributed by atoms with E-state index in [0.717, 1.165) is 36.6 Å². The van der Waals surface area contributed by atoms with Gasteiger partial charge in [0.2, 0.25) is 5.91 Å². The second-order valence-corrected chi connectivity index (χ2v) is 7.73. The lowest BCUT2D eigenvalue weighted by Crippen LogP contribution is -3.11. The van der Waals surface area contributed by atoms with Crippen molar-refractivity contribution >= 4 is 23.2 Å². The Bertz CT molecular complexity index is 961. The molecule has 0 radical (unpaired) electrons. The fraction of sp³-hybridized carbons (Fsp3) is 0.364. The lowest BCUT2D eigenvalue weighted by Gasteiger charge is -2.31. The molecule has 0 spiro atoms. The Morgan fingerprint density at radius 2 is 1.97 bits per heavy atom. The zero-order valence-electron chi connectivity index (χ0n) is 16.1. The summed E-state index contributed by atoms with van der Waals surface area (Å²) >= 11 is 0. The summed E-state index contributed by atoms with van der Waals surface area (Å²) < 4.78 is 11.4. The highest BCUT2D eigenvalue weighted by Gasteiger charge is 2.35.